The number of Topliss-reactive ketones (excluding diaryl/α,β-unsaturated/α-hetero) is 2. The van der Waals surface area contributed by atoms with Crippen molar-refractivity contribution in [2.45, 2.75) is 75.4 Å². The molecule has 2 saturated carbocycles. The van der Waals surface area contributed by atoms with Gasteiger partial charge in [-0.05, 0) is 62.1 Å². The molecule has 1 heterocycles. The van der Waals surface area contributed by atoms with E-state index in [0.29, 0.717) is 58.6 Å². The molecule has 6 heteroatoms. The number of hydrogen-bond acceptors (Lipinski definition) is 5. The lowest BCUT2D eigenvalue weighted by Crippen LogP contribution is -2.40. The summed E-state index contributed by atoms with van der Waals surface area (Å²) in [7, 11) is 0. The monoisotopic (exact) mass is 447 g/mol. The molecule has 0 spiro atoms. The molecule has 3 N–H and O–H groups in total. The van der Waals surface area contributed by atoms with E-state index in [1.165, 1.54) is 0 Å². The third-order valence-electron chi connectivity index (χ3n) is 7.53. The molecule has 1 aromatic heterocycles. The van der Waals surface area contributed by atoms with Gasteiger partial charge in [-0.25, -0.2) is 0 Å². The maximum Gasteiger partial charge on any atom is 0.197 e. The van der Waals surface area contributed by atoms with E-state index in [9.17, 15) is 24.6 Å². The molecule has 3 aromatic rings. The second-order valence-electron chi connectivity index (χ2n) is 9.82. The van der Waals surface area contributed by atoms with Gasteiger partial charge >= 0.3 is 0 Å². The van der Waals surface area contributed by atoms with Crippen LogP contribution in [0.5, 0.6) is 0 Å². The molecule has 2 fully saturated rings. The van der Waals surface area contributed by atoms with Crippen molar-refractivity contribution < 1.29 is 19.8 Å². The molecular weight excluding hydrogens is 418 g/mol. The standard InChI is InChI=1S/C27H29NO5/c29-23-19-15-17(24(30)26(32)11-3-1-4-12-26)7-9-21(19)28-22-10-8-18(16-20(22)23)25(31)27(33)13-5-2-6-14-27/h7-10,15-16,32-33H,1-6,11-14H2,(H,28,29). The molecule has 5 rings (SSSR count). The highest BCUT2D eigenvalue weighted by atomic mass is 16.3. The van der Waals surface area contributed by atoms with Crippen LogP contribution in [0.2, 0.25) is 0 Å². The van der Waals surface area contributed by atoms with Crippen molar-refractivity contribution in [3.8, 4) is 0 Å². The van der Waals surface area contributed by atoms with E-state index in [1.807, 2.05) is 0 Å². The van der Waals surface area contributed by atoms with Crippen LogP contribution < -0.4 is 5.43 Å². The Kier molecular flexibility index (Phi) is 5.46. The van der Waals surface area contributed by atoms with Gasteiger partial charge in [-0.2, -0.15) is 0 Å². The van der Waals surface area contributed by atoms with Crippen LogP contribution in [0.15, 0.2) is 41.2 Å². The van der Waals surface area contributed by atoms with Crippen LogP contribution in [0.3, 0.4) is 0 Å². The Morgan fingerprint density at radius 2 is 1.06 bits per heavy atom. The number of aromatic nitrogens is 1. The Labute approximate surface area is 191 Å². The maximum absolute atomic E-state index is 13.4. The number of H-pyrrole nitrogens is 1. The first-order valence-electron chi connectivity index (χ1n) is 11.9. The van der Waals surface area contributed by atoms with Crippen LogP contribution in [0, 0.1) is 0 Å². The Hall–Kier alpha value is -2.83. The molecule has 2 aromatic carbocycles. The minimum Gasteiger partial charge on any atom is -0.382 e. The third-order valence-corrected chi connectivity index (χ3v) is 7.53. The van der Waals surface area contributed by atoms with Gasteiger partial charge in [-0.15, -0.1) is 0 Å². The number of nitrogens with one attached hydrogen (secondary N) is 1. The number of pyridine rings is 1. The van der Waals surface area contributed by atoms with Gasteiger partial charge in [0, 0.05) is 32.9 Å². The van der Waals surface area contributed by atoms with Crippen LogP contribution >= 0.6 is 0 Å². The number of rotatable bonds is 4. The lowest BCUT2D eigenvalue weighted by Gasteiger charge is -2.30. The largest absolute Gasteiger partial charge is 0.382 e. The first kappa shape index (κ1) is 22.0. The van der Waals surface area contributed by atoms with Gasteiger partial charge in [-0.3, -0.25) is 14.4 Å². The molecule has 0 amide bonds. The Balaban J connectivity index is 1.57. The molecule has 0 bridgehead atoms. The zero-order chi connectivity index (χ0) is 23.2. The van der Waals surface area contributed by atoms with Crippen molar-refractivity contribution in [2.24, 2.45) is 0 Å². The summed E-state index contributed by atoms with van der Waals surface area (Å²) in [6.45, 7) is 0. The molecule has 0 unspecified atom stereocenters. The zero-order valence-corrected chi connectivity index (χ0v) is 18.7. The highest BCUT2D eigenvalue weighted by molar-refractivity contribution is 6.07. The molecule has 0 aliphatic heterocycles. The van der Waals surface area contributed by atoms with E-state index in [2.05, 4.69) is 4.98 Å². The summed E-state index contributed by atoms with van der Waals surface area (Å²) in [5.41, 5.74) is -1.21. The highest BCUT2D eigenvalue weighted by Gasteiger charge is 2.38. The second-order valence-corrected chi connectivity index (χ2v) is 9.82. The fraction of sp³-hybridized carbons (Fsp3) is 0.444. The maximum atomic E-state index is 13.4. The first-order valence-corrected chi connectivity index (χ1v) is 11.9. The van der Waals surface area contributed by atoms with Gasteiger partial charge in [0.05, 0.1) is 0 Å². The molecule has 2 aliphatic rings. The number of hydrogen-bond donors (Lipinski definition) is 3. The molecule has 6 nitrogen and oxygen atoms in total. The second kappa shape index (κ2) is 8.19. The van der Waals surface area contributed by atoms with Crippen molar-refractivity contribution in [2.75, 3.05) is 0 Å². The van der Waals surface area contributed by atoms with Crippen LogP contribution in [-0.4, -0.2) is 38.0 Å². The molecule has 33 heavy (non-hydrogen) atoms. The minimum absolute atomic E-state index is 0.283. The van der Waals surface area contributed by atoms with Crippen molar-refractivity contribution in [3.63, 3.8) is 0 Å². The van der Waals surface area contributed by atoms with E-state index in [4.69, 9.17) is 0 Å². The van der Waals surface area contributed by atoms with E-state index in [-0.39, 0.29) is 17.0 Å². The molecule has 2 aliphatic carbocycles. The smallest absolute Gasteiger partial charge is 0.197 e. The number of benzene rings is 2. The summed E-state index contributed by atoms with van der Waals surface area (Å²) in [5, 5.41) is 22.4. The lowest BCUT2D eigenvalue weighted by atomic mass is 9.79. The summed E-state index contributed by atoms with van der Waals surface area (Å²) in [6.07, 6.45) is 7.00. The van der Waals surface area contributed by atoms with Gasteiger partial charge in [0.1, 0.15) is 11.2 Å². The molecule has 0 atom stereocenters. The highest BCUT2D eigenvalue weighted by Crippen LogP contribution is 2.33. The Morgan fingerprint density at radius 3 is 1.45 bits per heavy atom. The van der Waals surface area contributed by atoms with Gasteiger partial charge in [0.2, 0.25) is 0 Å². The molecule has 0 radical (unpaired) electrons. The summed E-state index contributed by atoms with van der Waals surface area (Å²) in [4.78, 5) is 42.7. The summed E-state index contributed by atoms with van der Waals surface area (Å²) in [5.74, 6) is -0.681. The fourth-order valence-corrected chi connectivity index (χ4v) is 5.52. The molecule has 0 saturated heterocycles. The van der Waals surface area contributed by atoms with Crippen molar-refractivity contribution in [1.82, 2.24) is 4.98 Å². The average molecular weight is 448 g/mol. The predicted octanol–water partition coefficient (Wildman–Crippen LogP) is 4.44. The predicted molar refractivity (Wildman–Crippen MR) is 127 cm³/mol. The Bertz CT molecular complexity index is 1210. The summed E-state index contributed by atoms with van der Waals surface area (Å²) < 4.78 is 0. The number of aliphatic hydroxyl groups is 2. The number of carbonyl (C=O) groups is 2. The van der Waals surface area contributed by atoms with Gasteiger partial charge in [0.25, 0.3) is 0 Å². The number of ketones is 2. The Morgan fingerprint density at radius 1 is 0.667 bits per heavy atom. The lowest BCUT2D eigenvalue weighted by molar-refractivity contribution is 0.0116. The summed E-state index contributed by atoms with van der Waals surface area (Å²) >= 11 is 0. The quantitative estimate of drug-likeness (QED) is 0.405. The van der Waals surface area contributed by atoms with Crippen LogP contribution in [-0.2, 0) is 0 Å². The van der Waals surface area contributed by atoms with Crippen LogP contribution in [0.4, 0.5) is 0 Å². The fourth-order valence-electron chi connectivity index (χ4n) is 5.52. The number of fused-ring (bicyclic) bond motifs is 2. The zero-order valence-electron chi connectivity index (χ0n) is 18.7. The van der Waals surface area contributed by atoms with Gasteiger partial charge in [0.15, 0.2) is 17.0 Å². The van der Waals surface area contributed by atoms with Crippen molar-refractivity contribution in [1.29, 1.82) is 0 Å². The van der Waals surface area contributed by atoms with Crippen molar-refractivity contribution in [3.05, 3.63) is 57.7 Å². The minimum atomic E-state index is -1.37. The third kappa shape index (κ3) is 3.81. The van der Waals surface area contributed by atoms with Gasteiger partial charge in [-0.1, -0.05) is 38.5 Å². The van der Waals surface area contributed by atoms with E-state index in [1.54, 1.807) is 36.4 Å². The van der Waals surface area contributed by atoms with Gasteiger partial charge < -0.3 is 15.2 Å². The number of aromatic amines is 1. The summed E-state index contributed by atoms with van der Waals surface area (Å²) in [6, 6.07) is 9.78. The van der Waals surface area contributed by atoms with E-state index < -0.39 is 11.2 Å². The number of carbonyl (C=O) groups excluding carboxylic acids is 2. The first-order chi connectivity index (χ1) is 15.8. The SMILES string of the molecule is O=C(c1ccc2[nH]c3ccc(C(=O)C4(O)CCCCC4)cc3c(=O)c2c1)C1(O)CCCCC1. The normalized spacial score (nSPS) is 20.1. The van der Waals surface area contributed by atoms with E-state index >= 15 is 0 Å². The average Bonchev–Trinajstić information content (AvgIpc) is 2.84. The van der Waals surface area contributed by atoms with E-state index in [0.717, 1.165) is 38.5 Å². The van der Waals surface area contributed by atoms with Crippen LogP contribution in [0.25, 0.3) is 21.8 Å². The molecular formula is C27H29NO5. The topological polar surface area (TPSA) is 107 Å². The van der Waals surface area contributed by atoms with Crippen molar-refractivity contribution >= 4 is 33.4 Å². The molecule has 172 valence electrons. The van der Waals surface area contributed by atoms with Crippen LogP contribution in [0.1, 0.15) is 84.9 Å².